The smallest absolute Gasteiger partial charge is 0.216 e. The van der Waals surface area contributed by atoms with Crippen molar-refractivity contribution in [2.45, 2.75) is 105 Å². The minimum Gasteiger partial charge on any atom is -0.247 e. The molecule has 8 heteroatoms. The summed E-state index contributed by atoms with van der Waals surface area (Å²) in [5, 5.41) is 0. The van der Waals surface area contributed by atoms with Gasteiger partial charge in [-0.25, -0.2) is 20.0 Å². The molecule has 4 aromatic heterocycles. The Morgan fingerprint density at radius 1 is 0.312 bits per heavy atom. The molecule has 0 aliphatic carbocycles. The number of hydrogen-bond donors (Lipinski definition) is 0. The second-order valence-corrected chi connectivity index (χ2v) is 16.9. The van der Waals surface area contributed by atoms with Crippen LogP contribution in [-0.2, 0) is 26.2 Å². The van der Waals surface area contributed by atoms with Crippen LogP contribution in [0.3, 0.4) is 0 Å². The maximum absolute atomic E-state index is 5.61. The van der Waals surface area contributed by atoms with Gasteiger partial charge in [-0.2, -0.15) is 18.3 Å². The Bertz CT molecular complexity index is 2480. The van der Waals surface area contributed by atoms with Crippen molar-refractivity contribution >= 4 is 45.1 Å². The van der Waals surface area contributed by atoms with Gasteiger partial charge >= 0.3 is 0 Å². The quantitative estimate of drug-likeness (QED) is 0.101. The number of hydrogen-bond acceptors (Lipinski definition) is 4. The van der Waals surface area contributed by atoms with Gasteiger partial charge < -0.3 is 0 Å². The van der Waals surface area contributed by atoms with Gasteiger partial charge in [0.2, 0.25) is 22.8 Å². The molecule has 320 valence electrons. The number of aromatic nitrogens is 4. The Labute approximate surface area is 378 Å². The molecule has 0 unspecified atom stereocenters. The third kappa shape index (κ3) is 8.61. The van der Waals surface area contributed by atoms with Gasteiger partial charge in [0.05, 0.1) is 67.9 Å². The molecule has 0 radical (unpaired) electrons. The standard InChI is InChI=1S/C56H60N8/c1-5-9-33-61-37-17-13-21-49(61)53-41-25-27-43(57-41)54(50-22-14-18-38-62(50)34-10-6-2)45-29-31-47(59-45)56(52-24-16-20-40-64(52)36-12-8-4)48-32-30-46(60-48)55(44-28-26-42(53)58-44)51-23-15-19-39-63(51)35-11-7-3/h13-32,37-40H,5-12,33-36H2,1-4H3/q+4. The van der Waals surface area contributed by atoms with Crippen molar-refractivity contribution in [2.24, 2.45) is 20.0 Å². The molecular weight excluding hydrogens is 785 g/mol. The van der Waals surface area contributed by atoms with E-state index in [2.05, 4.69) is 192 Å². The first kappa shape index (κ1) is 42.5. The van der Waals surface area contributed by atoms with Crippen LogP contribution in [0.1, 0.15) is 102 Å². The molecule has 0 N–H and O–H groups in total. The predicted octanol–water partition coefficient (Wildman–Crippen LogP) is 10.0. The fraction of sp³-hybridized carbons (Fsp3) is 0.286. The number of nitrogens with zero attached hydrogens (tertiary/aromatic N) is 8. The maximum Gasteiger partial charge on any atom is 0.216 e. The van der Waals surface area contributed by atoms with Gasteiger partial charge in [0.15, 0.2) is 24.8 Å². The van der Waals surface area contributed by atoms with Crippen LogP contribution in [0.25, 0.3) is 22.3 Å². The third-order valence-corrected chi connectivity index (χ3v) is 12.4. The van der Waals surface area contributed by atoms with E-state index in [9.17, 15) is 0 Å². The van der Waals surface area contributed by atoms with Gasteiger partial charge in [-0.05, 0) is 72.9 Å². The Kier molecular flexibility index (Phi) is 13.1. The average molecular weight is 845 g/mol. The molecular formula is C56H60N8+4. The van der Waals surface area contributed by atoms with E-state index in [0.717, 1.165) is 168 Å². The molecule has 0 aromatic carbocycles. The van der Waals surface area contributed by atoms with Crippen LogP contribution < -0.4 is 18.3 Å². The molecule has 5 aliphatic rings. The number of aliphatic imine (C=N–C) groups is 4. The van der Waals surface area contributed by atoms with Crippen molar-refractivity contribution in [3.05, 3.63) is 192 Å². The lowest BCUT2D eigenvalue weighted by atomic mass is 10.0. The Hall–Kier alpha value is -6.80. The molecule has 4 aromatic rings. The number of allylic oxidation sites excluding steroid dienone is 12. The Morgan fingerprint density at radius 2 is 0.547 bits per heavy atom. The summed E-state index contributed by atoms with van der Waals surface area (Å²) >= 11 is 0. The first-order chi connectivity index (χ1) is 31.6. The topological polar surface area (TPSA) is 65.0 Å². The molecule has 5 aliphatic heterocycles. The largest absolute Gasteiger partial charge is 0.247 e. The highest BCUT2D eigenvalue weighted by molar-refractivity contribution is 6.39. The SMILES string of the molecule is CCCC[n+]1ccccc1C1=C2C=CC(=N2)C(c2cccc[n+]2CCCC)=C2C=CC(=N2)C(c2cccc[n+]2CCCC)=C2C=CC(=N2)C(c2cccc[n+]2CCCC)=C2C=CC1=N2. The lowest BCUT2D eigenvalue weighted by Crippen LogP contribution is -2.39. The zero-order chi connectivity index (χ0) is 43.8. The molecule has 8 nitrogen and oxygen atoms in total. The van der Waals surface area contributed by atoms with E-state index in [1.165, 1.54) is 0 Å². The number of rotatable bonds is 16. The van der Waals surface area contributed by atoms with E-state index in [1.807, 2.05) is 0 Å². The molecule has 0 fully saturated rings. The molecule has 0 saturated heterocycles. The van der Waals surface area contributed by atoms with Crippen molar-refractivity contribution < 1.29 is 18.3 Å². The monoisotopic (exact) mass is 844 g/mol. The zero-order valence-corrected chi connectivity index (χ0v) is 37.9. The summed E-state index contributed by atoms with van der Waals surface area (Å²) in [4.78, 5) is 22.4. The predicted molar refractivity (Wildman–Crippen MR) is 260 cm³/mol. The third-order valence-electron chi connectivity index (χ3n) is 12.4. The summed E-state index contributed by atoms with van der Waals surface area (Å²) in [6.07, 6.45) is 34.9. The van der Waals surface area contributed by atoms with E-state index in [1.54, 1.807) is 0 Å². The van der Waals surface area contributed by atoms with Crippen molar-refractivity contribution in [2.75, 3.05) is 0 Å². The highest BCUT2D eigenvalue weighted by atomic mass is 15.0. The number of fused-ring (bicyclic) bond motifs is 4. The van der Waals surface area contributed by atoms with Gasteiger partial charge in [-0.1, -0.05) is 53.4 Å². The summed E-state index contributed by atoms with van der Waals surface area (Å²) in [6, 6.07) is 25.9. The summed E-state index contributed by atoms with van der Waals surface area (Å²) < 4.78 is 9.46. The minimum absolute atomic E-state index is 0.880. The van der Waals surface area contributed by atoms with Crippen LogP contribution in [0.2, 0.25) is 0 Å². The van der Waals surface area contributed by atoms with Crippen LogP contribution in [-0.4, -0.2) is 22.8 Å². The lowest BCUT2D eigenvalue weighted by Gasteiger charge is -2.12. The molecule has 64 heavy (non-hydrogen) atoms. The van der Waals surface area contributed by atoms with E-state index < -0.39 is 0 Å². The Balaban J connectivity index is 1.38. The van der Waals surface area contributed by atoms with E-state index in [-0.39, 0.29) is 0 Å². The molecule has 0 atom stereocenters. The summed E-state index contributed by atoms with van der Waals surface area (Å²) in [5.41, 5.74) is 15.4. The van der Waals surface area contributed by atoms with E-state index >= 15 is 0 Å². The first-order valence-corrected chi connectivity index (χ1v) is 23.6. The molecule has 8 bridgehead atoms. The Morgan fingerprint density at radius 3 is 0.766 bits per heavy atom. The van der Waals surface area contributed by atoms with E-state index in [0.29, 0.717) is 0 Å². The van der Waals surface area contributed by atoms with Crippen LogP contribution in [0.4, 0.5) is 0 Å². The molecule has 0 spiro atoms. The van der Waals surface area contributed by atoms with Gasteiger partial charge in [0, 0.05) is 74.2 Å². The second kappa shape index (κ2) is 19.7. The average Bonchev–Trinajstić information content (AvgIpc) is 4.19. The second-order valence-electron chi connectivity index (χ2n) is 16.9. The van der Waals surface area contributed by atoms with Crippen LogP contribution in [0.5, 0.6) is 0 Å². The fourth-order valence-electron chi connectivity index (χ4n) is 9.04. The van der Waals surface area contributed by atoms with Crippen LogP contribution in [0, 0.1) is 0 Å². The van der Waals surface area contributed by atoms with E-state index in [4.69, 9.17) is 20.0 Å². The first-order valence-electron chi connectivity index (χ1n) is 23.6. The van der Waals surface area contributed by atoms with Gasteiger partial charge in [-0.15, -0.1) is 0 Å². The highest BCUT2D eigenvalue weighted by Crippen LogP contribution is 2.37. The molecule has 9 heterocycles. The highest BCUT2D eigenvalue weighted by Gasteiger charge is 2.34. The minimum atomic E-state index is 0.880. The number of aryl methyl sites for hydroxylation is 4. The van der Waals surface area contributed by atoms with Crippen molar-refractivity contribution in [3.63, 3.8) is 0 Å². The fourth-order valence-corrected chi connectivity index (χ4v) is 9.04. The number of pyridine rings is 4. The molecule has 0 saturated carbocycles. The summed E-state index contributed by atoms with van der Waals surface area (Å²) in [6.45, 7) is 12.6. The van der Waals surface area contributed by atoms with Crippen LogP contribution in [0.15, 0.2) is 189 Å². The van der Waals surface area contributed by atoms with Crippen molar-refractivity contribution in [1.82, 2.24) is 0 Å². The van der Waals surface area contributed by atoms with Gasteiger partial charge in [0.1, 0.15) is 26.2 Å². The molecule has 0 amide bonds. The summed E-state index contributed by atoms with van der Waals surface area (Å²) in [7, 11) is 0. The zero-order valence-electron chi connectivity index (χ0n) is 37.9. The maximum atomic E-state index is 5.61. The molecule has 9 rings (SSSR count). The van der Waals surface area contributed by atoms with Crippen LogP contribution >= 0.6 is 0 Å². The van der Waals surface area contributed by atoms with Gasteiger partial charge in [0.25, 0.3) is 0 Å². The van der Waals surface area contributed by atoms with Crippen molar-refractivity contribution in [3.8, 4) is 0 Å². The van der Waals surface area contributed by atoms with Crippen molar-refractivity contribution in [1.29, 1.82) is 0 Å². The lowest BCUT2D eigenvalue weighted by molar-refractivity contribution is -0.699. The summed E-state index contributed by atoms with van der Waals surface area (Å²) in [5.74, 6) is 0. The number of unbranched alkanes of at least 4 members (excludes halogenated alkanes) is 4. The van der Waals surface area contributed by atoms with Gasteiger partial charge in [-0.3, -0.25) is 0 Å². The normalized spacial score (nSPS) is 16.4.